The lowest BCUT2D eigenvalue weighted by Crippen LogP contribution is -2.37. The number of ether oxygens (including phenoxy) is 2. The van der Waals surface area contributed by atoms with Crippen molar-refractivity contribution < 1.29 is 24.2 Å². The summed E-state index contributed by atoms with van der Waals surface area (Å²) in [5, 5.41) is 9.54. The molecule has 0 fully saturated rings. The molecule has 1 amide bonds. The van der Waals surface area contributed by atoms with Crippen molar-refractivity contribution >= 4 is 18.0 Å². The lowest BCUT2D eigenvalue weighted by Gasteiger charge is -2.22. The van der Waals surface area contributed by atoms with E-state index in [0.29, 0.717) is 12.4 Å². The van der Waals surface area contributed by atoms with Gasteiger partial charge in [-0.1, -0.05) is 12.1 Å². The van der Waals surface area contributed by atoms with Crippen LogP contribution in [0.25, 0.3) is 6.08 Å². The number of aliphatic hydroxyl groups excluding tert-OH is 1. The molecule has 0 heterocycles. The van der Waals surface area contributed by atoms with Crippen molar-refractivity contribution in [1.29, 1.82) is 0 Å². The zero-order valence-corrected chi connectivity index (χ0v) is 14.4. The molecule has 0 aliphatic rings. The molecular weight excluding hydrogens is 310 g/mol. The quantitative estimate of drug-likeness (QED) is 0.551. The van der Waals surface area contributed by atoms with Crippen molar-refractivity contribution in [2.75, 3.05) is 26.8 Å². The van der Waals surface area contributed by atoms with Gasteiger partial charge < -0.3 is 19.5 Å². The summed E-state index contributed by atoms with van der Waals surface area (Å²) in [6, 6.07) is 7.31. The summed E-state index contributed by atoms with van der Waals surface area (Å²) >= 11 is 0. The molecule has 1 aromatic rings. The summed E-state index contributed by atoms with van der Waals surface area (Å²) in [6.45, 7) is 3.98. The second-order valence-electron chi connectivity index (χ2n) is 5.30. The molecule has 1 aromatic carbocycles. The Morgan fingerprint density at radius 1 is 1.38 bits per heavy atom. The molecule has 1 rings (SSSR count). The number of amides is 1. The third-order valence-corrected chi connectivity index (χ3v) is 3.20. The Balaban J connectivity index is 2.72. The fourth-order valence-corrected chi connectivity index (χ4v) is 2.09. The molecule has 6 nitrogen and oxygen atoms in total. The van der Waals surface area contributed by atoms with Crippen LogP contribution in [0.15, 0.2) is 30.3 Å². The van der Waals surface area contributed by atoms with Crippen LogP contribution in [0.3, 0.4) is 0 Å². The Labute approximate surface area is 142 Å². The Kier molecular flexibility index (Phi) is 8.57. The van der Waals surface area contributed by atoms with Crippen LogP contribution in [0.4, 0.5) is 0 Å². The van der Waals surface area contributed by atoms with E-state index in [2.05, 4.69) is 0 Å². The van der Waals surface area contributed by atoms with Crippen LogP contribution in [0.2, 0.25) is 0 Å². The average Bonchev–Trinajstić information content (AvgIpc) is 2.56. The topological polar surface area (TPSA) is 76.1 Å². The van der Waals surface area contributed by atoms with Crippen molar-refractivity contribution in [3.8, 4) is 5.75 Å². The number of hydrogen-bond acceptors (Lipinski definition) is 5. The minimum atomic E-state index is -0.679. The molecule has 0 bridgehead atoms. The summed E-state index contributed by atoms with van der Waals surface area (Å²) < 4.78 is 10.00. The lowest BCUT2D eigenvalue weighted by atomic mass is 10.2. The van der Waals surface area contributed by atoms with Crippen LogP contribution in [0.5, 0.6) is 5.75 Å². The van der Waals surface area contributed by atoms with Crippen molar-refractivity contribution in [3.63, 3.8) is 0 Å². The van der Waals surface area contributed by atoms with E-state index in [0.717, 1.165) is 5.56 Å². The maximum atomic E-state index is 12.3. The second-order valence-corrected chi connectivity index (χ2v) is 5.30. The number of benzene rings is 1. The minimum absolute atomic E-state index is 0.0965. The summed E-state index contributed by atoms with van der Waals surface area (Å²) in [5.41, 5.74) is 0.824. The van der Waals surface area contributed by atoms with Crippen LogP contribution < -0.4 is 4.74 Å². The van der Waals surface area contributed by atoms with Gasteiger partial charge in [0.25, 0.3) is 0 Å². The smallest absolute Gasteiger partial charge is 0.307 e. The Bertz CT molecular complexity index is 568. The number of carbonyl (C=O) groups excluding carboxylic acids is 2. The first-order chi connectivity index (χ1) is 11.5. The van der Waals surface area contributed by atoms with Crippen molar-refractivity contribution in [3.05, 3.63) is 35.9 Å². The van der Waals surface area contributed by atoms with E-state index >= 15 is 0 Å². The molecule has 0 saturated carbocycles. The number of aliphatic hydroxyl groups is 1. The third-order valence-electron chi connectivity index (χ3n) is 3.20. The maximum Gasteiger partial charge on any atom is 0.307 e. The molecular formula is C18H25NO5. The van der Waals surface area contributed by atoms with Gasteiger partial charge in [-0.3, -0.25) is 9.59 Å². The van der Waals surface area contributed by atoms with Crippen LogP contribution in [-0.2, 0) is 14.3 Å². The van der Waals surface area contributed by atoms with Gasteiger partial charge in [0.1, 0.15) is 5.75 Å². The third kappa shape index (κ3) is 7.28. The van der Waals surface area contributed by atoms with Crippen LogP contribution >= 0.6 is 0 Å². The van der Waals surface area contributed by atoms with Crippen molar-refractivity contribution in [2.45, 2.75) is 26.4 Å². The molecule has 1 atom stereocenters. The number of nitrogens with zero attached hydrogens (tertiary/aromatic N) is 1. The average molecular weight is 335 g/mol. The van der Waals surface area contributed by atoms with E-state index in [1.54, 1.807) is 33.1 Å². The molecule has 0 saturated heterocycles. The van der Waals surface area contributed by atoms with Gasteiger partial charge in [-0.2, -0.15) is 0 Å². The number of methoxy groups -OCH3 is 1. The molecule has 0 aliphatic heterocycles. The molecule has 6 heteroatoms. The van der Waals surface area contributed by atoms with Gasteiger partial charge in [0, 0.05) is 19.2 Å². The predicted molar refractivity (Wildman–Crippen MR) is 91.5 cm³/mol. The van der Waals surface area contributed by atoms with Gasteiger partial charge in [0.05, 0.1) is 26.2 Å². The van der Waals surface area contributed by atoms with E-state index in [9.17, 15) is 14.7 Å². The Hall–Kier alpha value is -2.34. The number of carbonyl (C=O) groups is 2. The highest BCUT2D eigenvalue weighted by Crippen LogP contribution is 2.13. The second kappa shape index (κ2) is 10.4. The first-order valence-corrected chi connectivity index (χ1v) is 7.91. The van der Waals surface area contributed by atoms with Gasteiger partial charge in [-0.25, -0.2) is 0 Å². The molecule has 0 radical (unpaired) electrons. The van der Waals surface area contributed by atoms with Gasteiger partial charge in [-0.05, 0) is 37.6 Å². The Morgan fingerprint density at radius 2 is 2.12 bits per heavy atom. The molecule has 0 aliphatic carbocycles. The van der Waals surface area contributed by atoms with Gasteiger partial charge in [-0.15, -0.1) is 0 Å². The van der Waals surface area contributed by atoms with Crippen molar-refractivity contribution in [2.24, 2.45) is 0 Å². The first-order valence-electron chi connectivity index (χ1n) is 7.91. The van der Waals surface area contributed by atoms with Gasteiger partial charge in [0.15, 0.2) is 0 Å². The molecule has 1 N–H and O–H groups in total. The van der Waals surface area contributed by atoms with Crippen molar-refractivity contribution in [1.82, 2.24) is 4.90 Å². The minimum Gasteiger partial charge on any atom is -0.497 e. The normalized spacial score (nSPS) is 12.0. The highest BCUT2D eigenvalue weighted by Gasteiger charge is 2.15. The van der Waals surface area contributed by atoms with Gasteiger partial charge in [0.2, 0.25) is 5.91 Å². The summed E-state index contributed by atoms with van der Waals surface area (Å²) in [6.07, 6.45) is 2.51. The zero-order chi connectivity index (χ0) is 17.9. The maximum absolute atomic E-state index is 12.3. The molecule has 1 unspecified atom stereocenters. The molecule has 24 heavy (non-hydrogen) atoms. The first kappa shape index (κ1) is 19.7. The fourth-order valence-electron chi connectivity index (χ4n) is 2.09. The molecule has 0 spiro atoms. The highest BCUT2D eigenvalue weighted by atomic mass is 16.5. The predicted octanol–water partition coefficient (Wildman–Crippen LogP) is 1.87. The Morgan fingerprint density at radius 3 is 2.75 bits per heavy atom. The molecule has 132 valence electrons. The zero-order valence-electron chi connectivity index (χ0n) is 14.4. The SMILES string of the molecule is CCOC(=O)CCN(CC(C)O)C(=O)/C=C/c1cccc(OC)c1. The highest BCUT2D eigenvalue weighted by molar-refractivity contribution is 5.92. The van der Waals surface area contributed by atoms with E-state index < -0.39 is 6.10 Å². The summed E-state index contributed by atoms with van der Waals surface area (Å²) in [4.78, 5) is 25.2. The van der Waals surface area contributed by atoms with Crippen LogP contribution in [0, 0.1) is 0 Å². The van der Waals surface area contributed by atoms with Crippen LogP contribution in [-0.4, -0.2) is 54.8 Å². The number of esters is 1. The van der Waals surface area contributed by atoms with Gasteiger partial charge >= 0.3 is 5.97 Å². The largest absolute Gasteiger partial charge is 0.497 e. The molecule has 0 aromatic heterocycles. The summed E-state index contributed by atoms with van der Waals surface area (Å²) in [7, 11) is 1.58. The summed E-state index contributed by atoms with van der Waals surface area (Å²) in [5.74, 6) is 0.0634. The van der Waals surface area contributed by atoms with E-state index in [4.69, 9.17) is 9.47 Å². The standard InChI is InChI=1S/C18H25NO5/c1-4-24-18(22)10-11-19(13-14(2)20)17(21)9-8-15-6-5-7-16(12-15)23-3/h5-9,12,14,20H,4,10-11,13H2,1-3H3/b9-8+. The lowest BCUT2D eigenvalue weighted by molar-refractivity contribution is -0.144. The fraction of sp³-hybridized carbons (Fsp3) is 0.444. The number of hydrogen-bond donors (Lipinski definition) is 1. The monoisotopic (exact) mass is 335 g/mol. The number of rotatable bonds is 9. The van der Waals surface area contributed by atoms with E-state index in [1.165, 1.54) is 11.0 Å². The van der Waals surface area contributed by atoms with E-state index in [-0.39, 0.29) is 31.4 Å². The van der Waals surface area contributed by atoms with Crippen LogP contribution in [0.1, 0.15) is 25.8 Å². The van der Waals surface area contributed by atoms with E-state index in [1.807, 2.05) is 18.2 Å².